The smallest absolute Gasteiger partial charge is 0.269 e. The molecule has 1 aliphatic carbocycles. The minimum Gasteiger partial charge on any atom is -0.350 e. The lowest BCUT2D eigenvalue weighted by molar-refractivity contribution is 0.0935. The number of hydrogen-bond acceptors (Lipinski definition) is 4. The summed E-state index contributed by atoms with van der Waals surface area (Å²) in [5, 5.41) is 2.97. The van der Waals surface area contributed by atoms with Gasteiger partial charge in [-0.3, -0.25) is 10.6 Å². The number of carbonyl (C=O) groups is 1. The van der Waals surface area contributed by atoms with Crippen molar-refractivity contribution >= 4 is 11.6 Å². The summed E-state index contributed by atoms with van der Waals surface area (Å²) in [7, 11) is 0. The van der Waals surface area contributed by atoms with Crippen LogP contribution in [0.3, 0.4) is 0 Å². The van der Waals surface area contributed by atoms with Gasteiger partial charge in [-0.15, -0.1) is 0 Å². The fourth-order valence-electron chi connectivity index (χ4n) is 2.08. The van der Waals surface area contributed by atoms with Crippen molar-refractivity contribution in [2.75, 3.05) is 12.0 Å². The van der Waals surface area contributed by atoms with Crippen molar-refractivity contribution in [3.05, 3.63) is 24.0 Å². The van der Waals surface area contributed by atoms with Crippen LogP contribution in [0.15, 0.2) is 18.3 Å². The van der Waals surface area contributed by atoms with Gasteiger partial charge in [0.1, 0.15) is 5.69 Å². The monoisotopic (exact) mass is 248 g/mol. The van der Waals surface area contributed by atoms with Crippen LogP contribution in [-0.4, -0.2) is 17.4 Å². The second kappa shape index (κ2) is 4.94. The molecule has 5 nitrogen and oxygen atoms in total. The van der Waals surface area contributed by atoms with E-state index in [2.05, 4.69) is 29.6 Å². The van der Waals surface area contributed by atoms with Gasteiger partial charge in [0.05, 0.1) is 11.9 Å². The summed E-state index contributed by atoms with van der Waals surface area (Å²) < 4.78 is 0. The summed E-state index contributed by atoms with van der Waals surface area (Å²) in [4.78, 5) is 16.0. The van der Waals surface area contributed by atoms with Gasteiger partial charge in [0.25, 0.3) is 5.91 Å². The van der Waals surface area contributed by atoms with Crippen LogP contribution in [0.2, 0.25) is 0 Å². The highest BCUT2D eigenvalue weighted by Gasteiger charge is 2.45. The van der Waals surface area contributed by atoms with Gasteiger partial charge >= 0.3 is 0 Å². The van der Waals surface area contributed by atoms with E-state index in [1.165, 1.54) is 12.8 Å². The number of pyridine rings is 1. The quantitative estimate of drug-likeness (QED) is 0.545. The molecule has 0 bridgehead atoms. The first kappa shape index (κ1) is 12.8. The van der Waals surface area contributed by atoms with E-state index in [4.69, 9.17) is 5.84 Å². The number of nitrogens with zero attached hydrogens (tertiary/aromatic N) is 1. The lowest BCUT2D eigenvalue weighted by Crippen LogP contribution is -2.33. The second-order valence-corrected chi connectivity index (χ2v) is 5.28. The maximum absolute atomic E-state index is 11.9. The van der Waals surface area contributed by atoms with Crippen molar-refractivity contribution in [1.82, 2.24) is 10.3 Å². The average Bonchev–Trinajstić information content (AvgIpc) is 3.17. The maximum atomic E-state index is 11.9. The van der Waals surface area contributed by atoms with Crippen molar-refractivity contribution in [2.24, 2.45) is 17.2 Å². The summed E-state index contributed by atoms with van der Waals surface area (Å²) in [6.07, 6.45) is 3.95. The highest BCUT2D eigenvalue weighted by Crippen LogP contribution is 2.51. The molecule has 1 heterocycles. The van der Waals surface area contributed by atoms with Gasteiger partial charge in [-0.25, -0.2) is 4.98 Å². The number of hydrogen-bond donors (Lipinski definition) is 3. The number of nitrogens with two attached hydrogens (primary N) is 1. The summed E-state index contributed by atoms with van der Waals surface area (Å²) in [5.41, 5.74) is 3.91. The van der Waals surface area contributed by atoms with E-state index in [0.717, 1.165) is 6.54 Å². The fraction of sp³-hybridized carbons (Fsp3) is 0.538. The highest BCUT2D eigenvalue weighted by atomic mass is 16.1. The third-order valence-electron chi connectivity index (χ3n) is 3.88. The van der Waals surface area contributed by atoms with Gasteiger partial charge in [-0.05, 0) is 36.3 Å². The van der Waals surface area contributed by atoms with Crippen molar-refractivity contribution in [3.63, 3.8) is 0 Å². The molecule has 0 aromatic carbocycles. The summed E-state index contributed by atoms with van der Waals surface area (Å²) >= 11 is 0. The minimum atomic E-state index is -0.120. The Hall–Kier alpha value is -1.62. The van der Waals surface area contributed by atoms with E-state index < -0.39 is 0 Å². The fourth-order valence-corrected chi connectivity index (χ4v) is 2.08. The Bertz CT molecular complexity index is 423. The number of amides is 1. The van der Waals surface area contributed by atoms with Crippen molar-refractivity contribution < 1.29 is 4.79 Å². The van der Waals surface area contributed by atoms with Crippen molar-refractivity contribution in [2.45, 2.75) is 26.7 Å². The third-order valence-corrected chi connectivity index (χ3v) is 3.88. The molecule has 0 radical (unpaired) electrons. The molecule has 0 aliphatic heterocycles. The van der Waals surface area contributed by atoms with Crippen LogP contribution in [0.25, 0.3) is 0 Å². The molecule has 98 valence electrons. The zero-order valence-corrected chi connectivity index (χ0v) is 10.9. The summed E-state index contributed by atoms with van der Waals surface area (Å²) in [6, 6.07) is 3.40. The van der Waals surface area contributed by atoms with Crippen molar-refractivity contribution in [3.8, 4) is 0 Å². The lowest BCUT2D eigenvalue weighted by atomic mass is 9.92. The zero-order chi connectivity index (χ0) is 13.2. The Morgan fingerprint density at radius 1 is 1.50 bits per heavy atom. The van der Waals surface area contributed by atoms with E-state index in [9.17, 15) is 4.79 Å². The molecule has 1 saturated carbocycles. The van der Waals surface area contributed by atoms with Gasteiger partial charge in [0.15, 0.2) is 0 Å². The van der Waals surface area contributed by atoms with Gasteiger partial charge in [-0.2, -0.15) is 0 Å². The molecule has 0 atom stereocenters. The van der Waals surface area contributed by atoms with Crippen LogP contribution in [0.5, 0.6) is 0 Å². The van der Waals surface area contributed by atoms with Gasteiger partial charge in [0, 0.05) is 6.54 Å². The van der Waals surface area contributed by atoms with Crippen LogP contribution >= 0.6 is 0 Å². The number of nitrogen functional groups attached to an aromatic ring is 1. The molecule has 2 rings (SSSR count). The lowest BCUT2D eigenvalue weighted by Gasteiger charge is -2.19. The molecule has 18 heavy (non-hydrogen) atoms. The first-order valence-corrected chi connectivity index (χ1v) is 6.28. The normalized spacial score (nSPS) is 16.4. The van der Waals surface area contributed by atoms with E-state index in [1.807, 2.05) is 0 Å². The molecule has 1 aromatic rings. The van der Waals surface area contributed by atoms with Crippen LogP contribution < -0.4 is 16.6 Å². The maximum Gasteiger partial charge on any atom is 0.269 e. The van der Waals surface area contributed by atoms with Gasteiger partial charge in [0.2, 0.25) is 0 Å². The van der Waals surface area contributed by atoms with Crippen LogP contribution in [-0.2, 0) is 0 Å². The number of carbonyl (C=O) groups excluding carboxylic acids is 1. The molecule has 0 saturated heterocycles. The van der Waals surface area contributed by atoms with Crippen LogP contribution in [0.1, 0.15) is 37.2 Å². The number of aromatic nitrogens is 1. The van der Waals surface area contributed by atoms with E-state index in [-0.39, 0.29) is 5.91 Å². The standard InChI is InChI=1S/C13H20N4O/c1-9(2)13(5-6-13)8-16-12(18)11-4-3-10(17-14)7-15-11/h3-4,7,9,17H,5-6,8,14H2,1-2H3,(H,16,18). The molecule has 0 spiro atoms. The topological polar surface area (TPSA) is 80.0 Å². The predicted molar refractivity (Wildman–Crippen MR) is 70.9 cm³/mol. The van der Waals surface area contributed by atoms with E-state index in [0.29, 0.717) is 22.7 Å². The predicted octanol–water partition coefficient (Wildman–Crippen LogP) is 1.53. The molecule has 4 N–H and O–H groups in total. The Morgan fingerprint density at radius 3 is 2.67 bits per heavy atom. The largest absolute Gasteiger partial charge is 0.350 e. The Labute approximate surface area is 107 Å². The van der Waals surface area contributed by atoms with Gasteiger partial charge in [-0.1, -0.05) is 13.8 Å². The van der Waals surface area contributed by atoms with E-state index in [1.54, 1.807) is 18.3 Å². The van der Waals surface area contributed by atoms with Crippen molar-refractivity contribution in [1.29, 1.82) is 0 Å². The zero-order valence-electron chi connectivity index (χ0n) is 10.9. The molecule has 0 unspecified atom stereocenters. The molecule has 5 heteroatoms. The van der Waals surface area contributed by atoms with Crippen LogP contribution in [0, 0.1) is 11.3 Å². The number of rotatable bonds is 5. The molecule has 1 amide bonds. The van der Waals surface area contributed by atoms with Gasteiger partial charge < -0.3 is 10.7 Å². The molecule has 1 aromatic heterocycles. The first-order valence-electron chi connectivity index (χ1n) is 6.28. The average molecular weight is 248 g/mol. The first-order chi connectivity index (χ1) is 8.57. The molecule has 1 aliphatic rings. The summed E-state index contributed by atoms with van der Waals surface area (Å²) in [6.45, 7) is 5.15. The van der Waals surface area contributed by atoms with E-state index >= 15 is 0 Å². The number of hydrazine groups is 1. The Morgan fingerprint density at radius 2 is 2.22 bits per heavy atom. The molecule has 1 fully saturated rings. The number of nitrogens with one attached hydrogen (secondary N) is 2. The SMILES string of the molecule is CC(C)C1(CNC(=O)c2ccc(NN)cn2)CC1. The highest BCUT2D eigenvalue weighted by molar-refractivity contribution is 5.92. The minimum absolute atomic E-state index is 0.120. The number of anilines is 1. The van der Waals surface area contributed by atoms with Crippen LogP contribution in [0.4, 0.5) is 5.69 Å². The summed E-state index contributed by atoms with van der Waals surface area (Å²) in [5.74, 6) is 5.73. The second-order valence-electron chi connectivity index (χ2n) is 5.28. The Balaban J connectivity index is 1.91. The molecular formula is C13H20N4O. The Kier molecular flexibility index (Phi) is 3.52. The third kappa shape index (κ3) is 2.61. The molecular weight excluding hydrogens is 228 g/mol.